The normalized spacial score (nSPS) is 22.3. The van der Waals surface area contributed by atoms with Gasteiger partial charge in [0.25, 0.3) is 0 Å². The van der Waals surface area contributed by atoms with Crippen molar-refractivity contribution in [1.82, 2.24) is 0 Å². The van der Waals surface area contributed by atoms with Crippen LogP contribution in [0.25, 0.3) is 11.1 Å². The highest BCUT2D eigenvalue weighted by molar-refractivity contribution is 14.1. The molecule has 0 amide bonds. The van der Waals surface area contributed by atoms with Gasteiger partial charge in [0.1, 0.15) is 0 Å². The number of allylic oxidation sites excluding steroid dienone is 7. The second-order valence-corrected chi connectivity index (χ2v) is 10.7. The van der Waals surface area contributed by atoms with Crippen LogP contribution in [-0.4, -0.2) is 0 Å². The molecule has 0 spiro atoms. The molecule has 170 valence electrons. The lowest BCUT2D eigenvalue weighted by atomic mass is 9.73. The van der Waals surface area contributed by atoms with Crippen molar-refractivity contribution in [1.29, 1.82) is 0 Å². The maximum atomic E-state index is 3.66. The van der Waals surface area contributed by atoms with Crippen LogP contribution >= 0.6 is 22.6 Å². The summed E-state index contributed by atoms with van der Waals surface area (Å²) in [7, 11) is 0. The lowest BCUT2D eigenvalue weighted by molar-refractivity contribution is 0.604. The lowest BCUT2D eigenvalue weighted by Crippen LogP contribution is -2.24. The molecule has 2 atom stereocenters. The van der Waals surface area contributed by atoms with Gasteiger partial charge in [0.15, 0.2) is 0 Å². The minimum absolute atomic E-state index is 0.00327. The largest absolute Gasteiger partial charge is 0.355 e. The van der Waals surface area contributed by atoms with Gasteiger partial charge in [-0.1, -0.05) is 98.8 Å². The van der Waals surface area contributed by atoms with Crippen LogP contribution in [0.5, 0.6) is 0 Å². The third-order valence-electron chi connectivity index (χ3n) is 6.99. The van der Waals surface area contributed by atoms with Crippen LogP contribution < -0.4 is 5.32 Å². The van der Waals surface area contributed by atoms with Gasteiger partial charge in [0, 0.05) is 20.4 Å². The Morgan fingerprint density at radius 1 is 0.853 bits per heavy atom. The zero-order valence-electron chi connectivity index (χ0n) is 19.8. The summed E-state index contributed by atoms with van der Waals surface area (Å²) in [6, 6.07) is 30.5. The van der Waals surface area contributed by atoms with Gasteiger partial charge in [-0.05, 0) is 93.5 Å². The summed E-state index contributed by atoms with van der Waals surface area (Å²) in [5.41, 5.74) is 9.09. The van der Waals surface area contributed by atoms with E-state index in [1.165, 1.54) is 37.1 Å². The molecular weight excluding hydrogens is 525 g/mol. The average molecular weight is 556 g/mol. The van der Waals surface area contributed by atoms with Crippen molar-refractivity contribution in [2.24, 2.45) is 5.92 Å². The summed E-state index contributed by atoms with van der Waals surface area (Å²) in [6.45, 7) is 4.66. The maximum Gasteiger partial charge on any atom is 0.0419 e. The van der Waals surface area contributed by atoms with E-state index in [4.69, 9.17) is 0 Å². The van der Waals surface area contributed by atoms with E-state index >= 15 is 0 Å². The molecule has 0 radical (unpaired) electrons. The molecule has 0 fully saturated rings. The molecular formula is C32H30IN. The molecule has 3 aromatic carbocycles. The Morgan fingerprint density at radius 2 is 1.56 bits per heavy atom. The topological polar surface area (TPSA) is 12.0 Å². The maximum absolute atomic E-state index is 3.66. The molecule has 0 saturated heterocycles. The Morgan fingerprint density at radius 3 is 2.32 bits per heavy atom. The molecule has 0 bridgehead atoms. The van der Waals surface area contributed by atoms with Gasteiger partial charge in [-0.3, -0.25) is 0 Å². The lowest BCUT2D eigenvalue weighted by Gasteiger charge is -2.34. The molecule has 0 aliphatic heterocycles. The zero-order valence-corrected chi connectivity index (χ0v) is 21.9. The number of hydrogen-bond donors (Lipinski definition) is 1. The molecule has 3 aromatic rings. The van der Waals surface area contributed by atoms with Crippen molar-refractivity contribution in [2.75, 3.05) is 5.32 Å². The number of nitrogens with one attached hydrogen (secondary N) is 1. The third kappa shape index (κ3) is 4.69. The van der Waals surface area contributed by atoms with Gasteiger partial charge in [0.05, 0.1) is 0 Å². The quantitative estimate of drug-likeness (QED) is 0.310. The molecule has 2 aliphatic carbocycles. The molecule has 0 aromatic heterocycles. The van der Waals surface area contributed by atoms with E-state index < -0.39 is 0 Å². The summed E-state index contributed by atoms with van der Waals surface area (Å²) in [6.07, 6.45) is 11.2. The Kier molecular flexibility index (Phi) is 6.60. The Hall–Kier alpha value is -2.85. The Labute approximate surface area is 217 Å². The van der Waals surface area contributed by atoms with E-state index in [1.54, 1.807) is 0 Å². The van der Waals surface area contributed by atoms with Gasteiger partial charge >= 0.3 is 0 Å². The second kappa shape index (κ2) is 9.79. The predicted molar refractivity (Wildman–Crippen MR) is 155 cm³/mol. The van der Waals surface area contributed by atoms with E-state index in [0.29, 0.717) is 5.92 Å². The smallest absolute Gasteiger partial charge is 0.0419 e. The first-order chi connectivity index (χ1) is 16.5. The van der Waals surface area contributed by atoms with E-state index in [9.17, 15) is 0 Å². The van der Waals surface area contributed by atoms with E-state index in [0.717, 1.165) is 18.5 Å². The number of halogens is 1. The standard InChI is InChI=1S/C32H30IN/c1-23-16-18-30(34-28-14-7-4-8-15-28)29(20-23)25-11-9-10-24(21-25)26-17-19-31(33)32(2,22-26)27-12-5-3-6-13-27/h3-19,21,23,34H,20,22H2,1-2H3. The van der Waals surface area contributed by atoms with Gasteiger partial charge < -0.3 is 5.32 Å². The molecule has 1 nitrogen and oxygen atoms in total. The molecule has 0 saturated carbocycles. The summed E-state index contributed by atoms with van der Waals surface area (Å²) in [4.78, 5) is 0. The van der Waals surface area contributed by atoms with E-state index in [2.05, 4.69) is 151 Å². The van der Waals surface area contributed by atoms with Gasteiger partial charge in [0.2, 0.25) is 0 Å². The zero-order chi connectivity index (χ0) is 23.5. The fraction of sp³-hybridized carbons (Fsp3) is 0.188. The van der Waals surface area contributed by atoms with Crippen LogP contribution in [0.4, 0.5) is 5.69 Å². The third-order valence-corrected chi connectivity index (χ3v) is 8.54. The van der Waals surface area contributed by atoms with Gasteiger partial charge in [-0.15, -0.1) is 0 Å². The molecule has 2 heteroatoms. The van der Waals surface area contributed by atoms with Crippen LogP contribution in [0.1, 0.15) is 43.4 Å². The molecule has 0 heterocycles. The Bertz CT molecular complexity index is 1300. The van der Waals surface area contributed by atoms with Crippen molar-refractivity contribution < 1.29 is 0 Å². The fourth-order valence-corrected chi connectivity index (χ4v) is 5.64. The van der Waals surface area contributed by atoms with Crippen molar-refractivity contribution in [2.45, 2.75) is 32.1 Å². The highest BCUT2D eigenvalue weighted by atomic mass is 127. The second-order valence-electron chi connectivity index (χ2n) is 9.59. The molecule has 1 N–H and O–H groups in total. The van der Waals surface area contributed by atoms with Crippen LogP contribution in [0.2, 0.25) is 0 Å². The van der Waals surface area contributed by atoms with Crippen LogP contribution in [0.3, 0.4) is 0 Å². The van der Waals surface area contributed by atoms with Crippen molar-refractivity contribution in [3.05, 3.63) is 135 Å². The highest BCUT2D eigenvalue weighted by Gasteiger charge is 2.33. The first-order valence-electron chi connectivity index (χ1n) is 12.0. The number of rotatable bonds is 5. The van der Waals surface area contributed by atoms with Crippen LogP contribution in [0.15, 0.2) is 119 Å². The first kappa shape index (κ1) is 22.9. The summed E-state index contributed by atoms with van der Waals surface area (Å²) < 4.78 is 1.39. The fourth-order valence-electron chi connectivity index (χ4n) is 4.96. The number of hydrogen-bond acceptors (Lipinski definition) is 1. The van der Waals surface area contributed by atoms with Gasteiger partial charge in [-0.2, -0.15) is 0 Å². The summed E-state index contributed by atoms with van der Waals surface area (Å²) in [5.74, 6) is 0.528. The van der Waals surface area contributed by atoms with E-state index in [-0.39, 0.29) is 5.41 Å². The van der Waals surface area contributed by atoms with Crippen LogP contribution in [-0.2, 0) is 5.41 Å². The van der Waals surface area contributed by atoms with Gasteiger partial charge in [-0.25, -0.2) is 0 Å². The minimum Gasteiger partial charge on any atom is -0.355 e. The first-order valence-corrected chi connectivity index (χ1v) is 13.1. The van der Waals surface area contributed by atoms with Crippen LogP contribution in [0, 0.1) is 5.92 Å². The number of benzene rings is 3. The monoisotopic (exact) mass is 555 g/mol. The summed E-state index contributed by atoms with van der Waals surface area (Å²) in [5, 5.41) is 3.66. The number of para-hydroxylation sites is 1. The van der Waals surface area contributed by atoms with E-state index in [1.807, 2.05) is 0 Å². The molecule has 5 rings (SSSR count). The highest BCUT2D eigenvalue weighted by Crippen LogP contribution is 2.46. The SMILES string of the molecule is CC1C=CC(Nc2ccccc2)=C(c2cccc(C3=CC=C(I)C(C)(c4ccccc4)C3)c2)C1. The predicted octanol–water partition coefficient (Wildman–Crippen LogP) is 9.17. The van der Waals surface area contributed by atoms with Crippen molar-refractivity contribution >= 4 is 39.4 Å². The number of anilines is 1. The molecule has 2 aliphatic rings. The molecule has 2 unspecified atom stereocenters. The van der Waals surface area contributed by atoms with Crippen molar-refractivity contribution in [3.8, 4) is 0 Å². The van der Waals surface area contributed by atoms with Crippen molar-refractivity contribution in [3.63, 3.8) is 0 Å². The average Bonchev–Trinajstić information content (AvgIpc) is 2.88. The minimum atomic E-state index is 0.00327. The molecule has 34 heavy (non-hydrogen) atoms. The Balaban J connectivity index is 1.50. The summed E-state index contributed by atoms with van der Waals surface area (Å²) >= 11 is 2.52.